The predicted octanol–water partition coefficient (Wildman–Crippen LogP) is 3.40. The van der Waals surface area contributed by atoms with Crippen LogP contribution in [0.15, 0.2) is 42.5 Å². The minimum Gasteiger partial charge on any atom is -0.375 e. The van der Waals surface area contributed by atoms with Gasteiger partial charge in [-0.3, -0.25) is 19.3 Å². The number of benzene rings is 2. The summed E-state index contributed by atoms with van der Waals surface area (Å²) in [6.45, 7) is 3.13. The smallest absolute Gasteiger partial charge is 0.261 e. The first kappa shape index (κ1) is 18.6. The Bertz CT molecular complexity index is 890. The summed E-state index contributed by atoms with van der Waals surface area (Å²) >= 11 is 0. The summed E-state index contributed by atoms with van der Waals surface area (Å²) in [5.41, 5.74) is 2.75. The Hall–Kier alpha value is -3.15. The topological polar surface area (TPSA) is 69.7 Å². The lowest BCUT2D eigenvalue weighted by Crippen LogP contribution is -2.24. The highest BCUT2D eigenvalue weighted by Gasteiger charge is 2.32. The van der Waals surface area contributed by atoms with Crippen LogP contribution in [0.2, 0.25) is 0 Å². The van der Waals surface area contributed by atoms with Crippen LogP contribution in [0.25, 0.3) is 0 Å². The van der Waals surface area contributed by atoms with E-state index < -0.39 is 0 Å². The Morgan fingerprint density at radius 2 is 1.70 bits per heavy atom. The normalized spacial score (nSPS) is 12.9. The standard InChI is InChI=1S/C21H23N3O3/c1-4-5-12-23(2)16-9-6-14(7-10-16)19(25)22-15-8-11-17-18(13-15)21(27)24(3)20(17)26/h6-11,13H,4-5,12H2,1-3H3,(H,22,25). The minimum absolute atomic E-state index is 0.261. The van der Waals surface area contributed by atoms with E-state index in [9.17, 15) is 14.4 Å². The monoisotopic (exact) mass is 365 g/mol. The summed E-state index contributed by atoms with van der Waals surface area (Å²) in [5, 5.41) is 2.79. The van der Waals surface area contributed by atoms with Gasteiger partial charge in [-0.1, -0.05) is 13.3 Å². The maximum atomic E-state index is 12.5. The summed E-state index contributed by atoms with van der Waals surface area (Å²) < 4.78 is 0. The number of imide groups is 1. The van der Waals surface area contributed by atoms with Crippen LogP contribution in [0.4, 0.5) is 11.4 Å². The summed E-state index contributed by atoms with van der Waals surface area (Å²) in [5.74, 6) is -0.941. The van der Waals surface area contributed by atoms with E-state index in [0.29, 0.717) is 22.4 Å². The van der Waals surface area contributed by atoms with Crippen LogP contribution in [-0.4, -0.2) is 43.3 Å². The highest BCUT2D eigenvalue weighted by atomic mass is 16.2. The Morgan fingerprint density at radius 1 is 1.04 bits per heavy atom. The molecule has 0 aliphatic carbocycles. The number of carbonyl (C=O) groups is 3. The lowest BCUT2D eigenvalue weighted by Gasteiger charge is -2.19. The van der Waals surface area contributed by atoms with Gasteiger partial charge in [0.05, 0.1) is 11.1 Å². The fraction of sp³-hybridized carbons (Fsp3) is 0.286. The maximum Gasteiger partial charge on any atom is 0.261 e. The number of nitrogens with one attached hydrogen (secondary N) is 1. The van der Waals surface area contributed by atoms with E-state index in [1.807, 2.05) is 19.2 Å². The third kappa shape index (κ3) is 3.69. The number of fused-ring (bicyclic) bond motifs is 1. The van der Waals surface area contributed by atoms with Crippen LogP contribution in [0.5, 0.6) is 0 Å². The lowest BCUT2D eigenvalue weighted by molar-refractivity contribution is 0.0692. The molecule has 0 atom stereocenters. The van der Waals surface area contributed by atoms with Gasteiger partial charge in [-0.25, -0.2) is 0 Å². The molecule has 6 nitrogen and oxygen atoms in total. The number of unbranched alkanes of at least 4 members (excludes halogenated alkanes) is 1. The van der Waals surface area contributed by atoms with Gasteiger partial charge < -0.3 is 10.2 Å². The molecule has 6 heteroatoms. The molecular weight excluding hydrogens is 342 g/mol. The van der Waals surface area contributed by atoms with Crippen LogP contribution in [0, 0.1) is 0 Å². The molecule has 0 spiro atoms. The van der Waals surface area contributed by atoms with Crippen molar-refractivity contribution in [3.63, 3.8) is 0 Å². The van der Waals surface area contributed by atoms with Gasteiger partial charge in [0.2, 0.25) is 0 Å². The molecule has 0 unspecified atom stereocenters. The molecule has 2 aromatic rings. The quantitative estimate of drug-likeness (QED) is 0.797. The summed E-state index contributed by atoms with van der Waals surface area (Å²) in [6.07, 6.45) is 2.25. The molecule has 1 aliphatic heterocycles. The molecule has 0 radical (unpaired) electrons. The third-order valence-electron chi connectivity index (χ3n) is 4.76. The highest BCUT2D eigenvalue weighted by molar-refractivity contribution is 6.21. The summed E-state index contributed by atoms with van der Waals surface area (Å²) in [4.78, 5) is 39.7. The summed E-state index contributed by atoms with van der Waals surface area (Å²) in [6, 6.07) is 12.2. The van der Waals surface area contributed by atoms with Gasteiger partial charge in [0, 0.05) is 37.6 Å². The molecule has 27 heavy (non-hydrogen) atoms. The average Bonchev–Trinajstić information content (AvgIpc) is 2.90. The molecule has 0 aromatic heterocycles. The highest BCUT2D eigenvalue weighted by Crippen LogP contribution is 2.25. The van der Waals surface area contributed by atoms with Crippen molar-refractivity contribution in [1.29, 1.82) is 0 Å². The fourth-order valence-electron chi connectivity index (χ4n) is 3.03. The van der Waals surface area contributed by atoms with Gasteiger partial charge in [0.1, 0.15) is 0 Å². The molecule has 1 heterocycles. The Balaban J connectivity index is 1.71. The zero-order valence-electron chi connectivity index (χ0n) is 15.8. The van der Waals surface area contributed by atoms with Gasteiger partial charge in [0.25, 0.3) is 17.7 Å². The molecule has 2 aromatic carbocycles. The second-order valence-electron chi connectivity index (χ2n) is 6.71. The van der Waals surface area contributed by atoms with Crippen molar-refractivity contribution in [2.75, 3.05) is 30.9 Å². The van der Waals surface area contributed by atoms with Crippen molar-refractivity contribution in [2.45, 2.75) is 19.8 Å². The van der Waals surface area contributed by atoms with E-state index in [4.69, 9.17) is 0 Å². The van der Waals surface area contributed by atoms with Crippen molar-refractivity contribution in [1.82, 2.24) is 4.90 Å². The fourth-order valence-corrected chi connectivity index (χ4v) is 3.03. The molecule has 1 N–H and O–H groups in total. The lowest BCUT2D eigenvalue weighted by atomic mass is 10.1. The molecule has 3 rings (SSSR count). The predicted molar refractivity (Wildman–Crippen MR) is 105 cm³/mol. The molecule has 3 amide bonds. The molecule has 0 bridgehead atoms. The maximum absolute atomic E-state index is 12.5. The van der Waals surface area contributed by atoms with Crippen LogP contribution >= 0.6 is 0 Å². The molecular formula is C21H23N3O3. The number of carbonyl (C=O) groups excluding carboxylic acids is 3. The van der Waals surface area contributed by atoms with Gasteiger partial charge in [0.15, 0.2) is 0 Å². The number of hydrogen-bond donors (Lipinski definition) is 1. The van der Waals surface area contributed by atoms with E-state index in [2.05, 4.69) is 17.1 Å². The second-order valence-corrected chi connectivity index (χ2v) is 6.71. The first-order valence-electron chi connectivity index (χ1n) is 9.01. The van der Waals surface area contributed by atoms with Crippen molar-refractivity contribution in [3.8, 4) is 0 Å². The largest absolute Gasteiger partial charge is 0.375 e. The number of nitrogens with zero attached hydrogens (tertiary/aromatic N) is 2. The average molecular weight is 365 g/mol. The van der Waals surface area contributed by atoms with Crippen molar-refractivity contribution >= 4 is 29.1 Å². The minimum atomic E-state index is -0.356. The van der Waals surface area contributed by atoms with Crippen molar-refractivity contribution in [2.24, 2.45) is 0 Å². The SMILES string of the molecule is CCCCN(C)c1ccc(C(=O)Nc2ccc3c(c2)C(=O)N(C)C3=O)cc1. The van der Waals surface area contributed by atoms with Crippen molar-refractivity contribution < 1.29 is 14.4 Å². The van der Waals surface area contributed by atoms with E-state index >= 15 is 0 Å². The molecule has 0 fully saturated rings. The van der Waals surface area contributed by atoms with E-state index in [1.54, 1.807) is 30.3 Å². The number of hydrogen-bond acceptors (Lipinski definition) is 4. The molecule has 0 saturated heterocycles. The zero-order chi connectivity index (χ0) is 19.6. The number of rotatable bonds is 6. The Kier molecular flexibility index (Phi) is 5.26. The van der Waals surface area contributed by atoms with Gasteiger partial charge >= 0.3 is 0 Å². The summed E-state index contributed by atoms with van der Waals surface area (Å²) in [7, 11) is 3.48. The molecule has 140 valence electrons. The molecule has 1 aliphatic rings. The van der Waals surface area contributed by atoms with E-state index in [0.717, 1.165) is 30.0 Å². The molecule has 0 saturated carbocycles. The number of anilines is 2. The van der Waals surface area contributed by atoms with Gasteiger partial charge in [-0.05, 0) is 48.9 Å². The Labute approximate surface area is 158 Å². The first-order chi connectivity index (χ1) is 12.9. The first-order valence-corrected chi connectivity index (χ1v) is 9.01. The van der Waals surface area contributed by atoms with Crippen LogP contribution in [0.1, 0.15) is 50.8 Å². The van der Waals surface area contributed by atoms with Gasteiger partial charge in [-0.2, -0.15) is 0 Å². The zero-order valence-corrected chi connectivity index (χ0v) is 15.8. The van der Waals surface area contributed by atoms with Crippen LogP contribution in [-0.2, 0) is 0 Å². The van der Waals surface area contributed by atoms with Crippen LogP contribution in [0.3, 0.4) is 0 Å². The van der Waals surface area contributed by atoms with E-state index in [1.165, 1.54) is 7.05 Å². The second kappa shape index (κ2) is 7.61. The van der Waals surface area contributed by atoms with Crippen molar-refractivity contribution in [3.05, 3.63) is 59.2 Å². The number of amides is 3. The Morgan fingerprint density at radius 3 is 2.37 bits per heavy atom. The van der Waals surface area contributed by atoms with Gasteiger partial charge in [-0.15, -0.1) is 0 Å². The van der Waals surface area contributed by atoms with Crippen LogP contribution < -0.4 is 10.2 Å². The van der Waals surface area contributed by atoms with E-state index in [-0.39, 0.29) is 17.7 Å². The third-order valence-corrected chi connectivity index (χ3v) is 4.76.